The monoisotopic (exact) mass is 336 g/mol. The highest BCUT2D eigenvalue weighted by atomic mass is 35.5. The lowest BCUT2D eigenvalue weighted by molar-refractivity contribution is 0.0999. The minimum absolute atomic E-state index is 0.0943. The third-order valence-corrected chi connectivity index (χ3v) is 3.84. The molecule has 1 aromatic heterocycles. The van der Waals surface area contributed by atoms with Crippen LogP contribution >= 0.6 is 11.6 Å². The Morgan fingerprint density at radius 1 is 1.39 bits per heavy atom. The fraction of sp³-hybridized carbons (Fsp3) is 0.400. The highest BCUT2D eigenvalue weighted by molar-refractivity contribution is 6.30. The molecule has 0 radical (unpaired) electrons. The number of carbonyl (C=O) groups is 1. The Labute approximate surface area is 138 Å². The van der Waals surface area contributed by atoms with Crippen LogP contribution in [0.1, 0.15) is 29.8 Å². The van der Waals surface area contributed by atoms with Gasteiger partial charge < -0.3 is 19.9 Å². The molecule has 2 atom stereocenters. The molecule has 8 heteroatoms. The fourth-order valence-electron chi connectivity index (χ4n) is 2.51. The third-order valence-electron chi connectivity index (χ3n) is 3.58. The van der Waals surface area contributed by atoms with E-state index in [9.17, 15) is 4.79 Å². The number of rotatable bonds is 4. The van der Waals surface area contributed by atoms with E-state index in [0.29, 0.717) is 23.3 Å². The normalized spacial score (nSPS) is 20.4. The summed E-state index contributed by atoms with van der Waals surface area (Å²) >= 11 is 5.90. The molecule has 0 bridgehead atoms. The van der Waals surface area contributed by atoms with E-state index < -0.39 is 0 Å². The maximum absolute atomic E-state index is 12.0. The molecule has 0 spiro atoms. The molecule has 23 heavy (non-hydrogen) atoms. The first-order valence-electron chi connectivity index (χ1n) is 7.32. The second-order valence-corrected chi connectivity index (χ2v) is 5.73. The first-order chi connectivity index (χ1) is 11.1. The zero-order chi connectivity index (χ0) is 16.2. The van der Waals surface area contributed by atoms with Crippen LogP contribution in [0.15, 0.2) is 28.8 Å². The molecule has 0 unspecified atom stereocenters. The van der Waals surface area contributed by atoms with Crippen LogP contribution in [-0.4, -0.2) is 28.8 Å². The van der Waals surface area contributed by atoms with Crippen LogP contribution in [0.4, 0.5) is 4.79 Å². The third kappa shape index (κ3) is 4.00. The minimum atomic E-state index is -0.290. The summed E-state index contributed by atoms with van der Waals surface area (Å²) in [6.45, 7) is 2.51. The number of aryl methyl sites for hydroxylation is 1. The Balaban J connectivity index is 1.55. The predicted octanol–water partition coefficient (Wildman–Crippen LogP) is 2.36. The first-order valence-corrected chi connectivity index (χ1v) is 7.70. The molecule has 1 aromatic carbocycles. The van der Waals surface area contributed by atoms with Crippen molar-refractivity contribution in [2.45, 2.75) is 32.0 Å². The number of hydrogen-bond acceptors (Lipinski definition) is 5. The smallest absolute Gasteiger partial charge is 0.315 e. The molecule has 1 fully saturated rings. The molecule has 2 N–H and O–H groups in total. The van der Waals surface area contributed by atoms with Gasteiger partial charge in [0.05, 0.1) is 12.6 Å². The first kappa shape index (κ1) is 15.8. The van der Waals surface area contributed by atoms with Crippen molar-refractivity contribution in [3.8, 4) is 0 Å². The van der Waals surface area contributed by atoms with E-state index in [0.717, 1.165) is 12.0 Å². The van der Waals surface area contributed by atoms with Gasteiger partial charge in [0.25, 0.3) is 0 Å². The second-order valence-electron chi connectivity index (χ2n) is 5.29. The lowest BCUT2D eigenvalue weighted by Crippen LogP contribution is -2.43. The van der Waals surface area contributed by atoms with Crippen LogP contribution in [0.25, 0.3) is 0 Å². The topological polar surface area (TPSA) is 89.3 Å². The maximum Gasteiger partial charge on any atom is 0.315 e. The molecule has 0 aliphatic carbocycles. The molecule has 1 aliphatic rings. The van der Waals surface area contributed by atoms with E-state index in [1.807, 2.05) is 24.3 Å². The van der Waals surface area contributed by atoms with Crippen LogP contribution in [0, 0.1) is 6.92 Å². The zero-order valence-corrected chi connectivity index (χ0v) is 13.3. The van der Waals surface area contributed by atoms with Crippen LogP contribution in [0.2, 0.25) is 5.02 Å². The van der Waals surface area contributed by atoms with E-state index in [4.69, 9.17) is 20.9 Å². The molecule has 1 saturated heterocycles. The summed E-state index contributed by atoms with van der Waals surface area (Å²) in [6.07, 6.45) is 0.576. The summed E-state index contributed by atoms with van der Waals surface area (Å²) in [7, 11) is 0. The van der Waals surface area contributed by atoms with Crippen molar-refractivity contribution in [3.63, 3.8) is 0 Å². The summed E-state index contributed by atoms with van der Waals surface area (Å²) < 4.78 is 10.6. The number of halogens is 1. The highest BCUT2D eigenvalue weighted by Crippen LogP contribution is 2.29. The summed E-state index contributed by atoms with van der Waals surface area (Å²) in [4.78, 5) is 16.1. The number of benzene rings is 1. The zero-order valence-electron chi connectivity index (χ0n) is 12.6. The Morgan fingerprint density at radius 2 is 2.17 bits per heavy atom. The van der Waals surface area contributed by atoms with Gasteiger partial charge in [0.1, 0.15) is 6.10 Å². The predicted molar refractivity (Wildman–Crippen MR) is 83.0 cm³/mol. The molecule has 2 heterocycles. The van der Waals surface area contributed by atoms with E-state index in [1.165, 1.54) is 0 Å². The summed E-state index contributed by atoms with van der Waals surface area (Å²) in [5.41, 5.74) is 0.992. The van der Waals surface area contributed by atoms with Crippen molar-refractivity contribution < 1.29 is 14.1 Å². The van der Waals surface area contributed by atoms with Gasteiger partial charge in [-0.3, -0.25) is 0 Å². The van der Waals surface area contributed by atoms with Gasteiger partial charge >= 0.3 is 6.03 Å². The van der Waals surface area contributed by atoms with Gasteiger partial charge in [0, 0.05) is 18.6 Å². The average Bonchev–Trinajstić information content (AvgIpc) is 3.15. The number of amides is 2. The molecule has 0 saturated carbocycles. The number of ether oxygens (including phenoxy) is 1. The lowest BCUT2D eigenvalue weighted by atomic mass is 10.0. The van der Waals surface area contributed by atoms with Gasteiger partial charge in [-0.25, -0.2) is 4.79 Å². The van der Waals surface area contributed by atoms with Gasteiger partial charge in [-0.1, -0.05) is 28.9 Å². The van der Waals surface area contributed by atoms with Gasteiger partial charge in [0.2, 0.25) is 5.89 Å². The molecular formula is C15H17ClN4O3. The Morgan fingerprint density at radius 3 is 2.87 bits per heavy atom. The van der Waals surface area contributed by atoms with Crippen molar-refractivity contribution in [1.82, 2.24) is 20.8 Å². The summed E-state index contributed by atoms with van der Waals surface area (Å²) in [6, 6.07) is 7.06. The van der Waals surface area contributed by atoms with E-state index in [-0.39, 0.29) is 24.7 Å². The number of carbonyl (C=O) groups excluding carboxylic acids is 1. The van der Waals surface area contributed by atoms with Crippen LogP contribution in [0.5, 0.6) is 0 Å². The lowest BCUT2D eigenvalue weighted by Gasteiger charge is -2.20. The quantitative estimate of drug-likeness (QED) is 0.894. The fourth-order valence-corrected chi connectivity index (χ4v) is 2.64. The molecule has 3 rings (SSSR count). The number of aromatic nitrogens is 2. The van der Waals surface area contributed by atoms with E-state index >= 15 is 0 Å². The summed E-state index contributed by atoms with van der Waals surface area (Å²) in [5.74, 6) is 0.906. The molecule has 2 amide bonds. The van der Waals surface area contributed by atoms with Gasteiger partial charge in [-0.05, 0) is 24.1 Å². The highest BCUT2D eigenvalue weighted by Gasteiger charge is 2.30. The number of hydrogen-bond donors (Lipinski definition) is 2. The minimum Gasteiger partial charge on any atom is -0.371 e. The second kappa shape index (κ2) is 6.97. The molecule has 7 nitrogen and oxygen atoms in total. The Hall–Kier alpha value is -2.12. The van der Waals surface area contributed by atoms with Crippen molar-refractivity contribution >= 4 is 17.6 Å². The van der Waals surface area contributed by atoms with E-state index in [2.05, 4.69) is 20.8 Å². The largest absolute Gasteiger partial charge is 0.371 e. The van der Waals surface area contributed by atoms with Crippen LogP contribution in [-0.2, 0) is 11.3 Å². The van der Waals surface area contributed by atoms with Crippen molar-refractivity contribution in [2.75, 3.05) is 6.61 Å². The van der Waals surface area contributed by atoms with Crippen molar-refractivity contribution in [1.29, 1.82) is 0 Å². The molecular weight excluding hydrogens is 320 g/mol. The van der Waals surface area contributed by atoms with Crippen LogP contribution in [0.3, 0.4) is 0 Å². The van der Waals surface area contributed by atoms with Gasteiger partial charge in [-0.2, -0.15) is 4.98 Å². The Bertz CT molecular complexity index is 674. The number of nitrogens with one attached hydrogen (secondary N) is 2. The van der Waals surface area contributed by atoms with Gasteiger partial charge in [0.15, 0.2) is 5.82 Å². The standard InChI is InChI=1S/C15H17ClN4O3/c1-9-18-13(20-23-9)8-17-15(21)19-12-6-7-22-14(12)10-2-4-11(16)5-3-10/h2-5,12,14H,6-8H2,1H3,(H2,17,19,21)/t12-,14-/m0/s1. The van der Waals surface area contributed by atoms with E-state index in [1.54, 1.807) is 6.92 Å². The van der Waals surface area contributed by atoms with Crippen LogP contribution < -0.4 is 10.6 Å². The van der Waals surface area contributed by atoms with Crippen molar-refractivity contribution in [2.24, 2.45) is 0 Å². The van der Waals surface area contributed by atoms with Crippen molar-refractivity contribution in [3.05, 3.63) is 46.6 Å². The Kier molecular flexibility index (Phi) is 4.78. The average molecular weight is 337 g/mol. The summed E-state index contributed by atoms with van der Waals surface area (Å²) in [5, 5.41) is 10.0. The number of nitrogens with zero attached hydrogens (tertiary/aromatic N) is 2. The van der Waals surface area contributed by atoms with Gasteiger partial charge in [-0.15, -0.1) is 0 Å². The maximum atomic E-state index is 12.0. The molecule has 1 aliphatic heterocycles. The number of urea groups is 1. The SMILES string of the molecule is Cc1nc(CNC(=O)N[C@H]2CCO[C@H]2c2ccc(Cl)cc2)no1. The molecule has 2 aromatic rings. The molecule has 122 valence electrons.